The van der Waals surface area contributed by atoms with Crippen LogP contribution in [0.15, 0.2) is 41.9 Å². The van der Waals surface area contributed by atoms with E-state index in [1.54, 1.807) is 7.11 Å². The van der Waals surface area contributed by atoms with Gasteiger partial charge >= 0.3 is 0 Å². The summed E-state index contributed by atoms with van der Waals surface area (Å²) in [5.74, 6) is 3.49. The van der Waals surface area contributed by atoms with Crippen molar-refractivity contribution in [2.24, 2.45) is 12.0 Å². The molecule has 0 radical (unpaired) electrons. The van der Waals surface area contributed by atoms with Crippen molar-refractivity contribution in [3.8, 4) is 5.75 Å². The van der Waals surface area contributed by atoms with Crippen molar-refractivity contribution in [2.75, 3.05) is 27.2 Å². The summed E-state index contributed by atoms with van der Waals surface area (Å²) >= 11 is 0. The van der Waals surface area contributed by atoms with E-state index in [0.717, 1.165) is 55.7 Å². The summed E-state index contributed by atoms with van der Waals surface area (Å²) in [5, 5.41) is 11.8. The number of nitrogens with zero attached hydrogens (tertiary/aromatic N) is 5. The summed E-state index contributed by atoms with van der Waals surface area (Å²) in [6.45, 7) is 7.94. The van der Waals surface area contributed by atoms with E-state index >= 15 is 0 Å². The molecule has 0 aliphatic heterocycles. The molecule has 0 unspecified atom stereocenters. The molecule has 152 valence electrons. The molecular weight excluding hydrogens is 352 g/mol. The fraction of sp³-hybridized carbons (Fsp3) is 0.476. The zero-order valence-corrected chi connectivity index (χ0v) is 17.5. The minimum atomic E-state index is 0.494. The summed E-state index contributed by atoms with van der Waals surface area (Å²) in [6, 6.07) is 8.16. The highest BCUT2D eigenvalue weighted by Gasteiger charge is 2.09. The topological polar surface area (TPSA) is 67.6 Å². The molecule has 0 amide bonds. The fourth-order valence-electron chi connectivity index (χ4n) is 2.74. The second-order valence-corrected chi connectivity index (χ2v) is 6.74. The number of guanidine groups is 1. The first kappa shape index (κ1) is 21.5. The van der Waals surface area contributed by atoms with E-state index in [2.05, 4.69) is 46.2 Å². The summed E-state index contributed by atoms with van der Waals surface area (Å²) in [7, 11) is 5.70. The Hall–Kier alpha value is -2.83. The van der Waals surface area contributed by atoms with Gasteiger partial charge in [0.25, 0.3) is 0 Å². The number of aliphatic imine (C=N–C) groups is 1. The molecule has 0 bridgehead atoms. The maximum atomic E-state index is 5.21. The number of benzene rings is 1. The number of aryl methyl sites for hydroxylation is 1. The molecule has 1 heterocycles. The summed E-state index contributed by atoms with van der Waals surface area (Å²) < 4.78 is 7.18. The lowest BCUT2D eigenvalue weighted by atomic mass is 10.1. The zero-order chi connectivity index (χ0) is 20.4. The van der Waals surface area contributed by atoms with Gasteiger partial charge in [-0.15, -0.1) is 16.8 Å². The molecule has 7 nitrogen and oxygen atoms in total. The fourth-order valence-corrected chi connectivity index (χ4v) is 2.74. The van der Waals surface area contributed by atoms with Gasteiger partial charge in [0.1, 0.15) is 18.1 Å². The first-order valence-electron chi connectivity index (χ1n) is 9.63. The van der Waals surface area contributed by atoms with E-state index in [9.17, 15) is 0 Å². The van der Waals surface area contributed by atoms with E-state index in [4.69, 9.17) is 9.73 Å². The molecule has 1 aromatic heterocycles. The Morgan fingerprint density at radius 3 is 2.68 bits per heavy atom. The average molecular weight is 385 g/mol. The van der Waals surface area contributed by atoms with Crippen molar-refractivity contribution in [3.63, 3.8) is 0 Å². The number of methoxy groups -OCH3 is 1. The third-order valence-corrected chi connectivity index (χ3v) is 4.67. The molecule has 1 N–H and O–H groups in total. The van der Waals surface area contributed by atoms with E-state index in [0.29, 0.717) is 6.54 Å². The van der Waals surface area contributed by atoms with Crippen LogP contribution in [-0.2, 0) is 20.0 Å². The van der Waals surface area contributed by atoms with Crippen LogP contribution in [0.25, 0.3) is 0 Å². The number of hydrogen-bond donors (Lipinski definition) is 1. The van der Waals surface area contributed by atoms with Gasteiger partial charge in [0.15, 0.2) is 11.8 Å². The van der Waals surface area contributed by atoms with E-state index < -0.39 is 0 Å². The highest BCUT2D eigenvalue weighted by atomic mass is 16.5. The SMILES string of the molecule is C=CCCCN(C)C(=NCc1nnc(C)n1C)NCCc1ccc(OC)cc1. The Balaban J connectivity index is 1.98. The number of ether oxygens (including phenoxy) is 1. The Labute approximate surface area is 168 Å². The molecule has 1 aromatic carbocycles. The molecule has 7 heteroatoms. The largest absolute Gasteiger partial charge is 0.497 e. The predicted octanol–water partition coefficient (Wildman–Crippen LogP) is 2.72. The molecule has 0 atom stereocenters. The van der Waals surface area contributed by atoms with E-state index in [-0.39, 0.29) is 0 Å². The quantitative estimate of drug-likeness (QED) is 0.295. The van der Waals surface area contributed by atoms with Crippen LogP contribution in [0.4, 0.5) is 0 Å². The number of aromatic nitrogens is 3. The first-order chi connectivity index (χ1) is 13.5. The smallest absolute Gasteiger partial charge is 0.194 e. The maximum Gasteiger partial charge on any atom is 0.194 e. The van der Waals surface area contributed by atoms with Crippen molar-refractivity contribution in [2.45, 2.75) is 32.7 Å². The molecular formula is C21H32N6O. The molecule has 0 saturated heterocycles. The third-order valence-electron chi connectivity index (χ3n) is 4.67. The van der Waals surface area contributed by atoms with Gasteiger partial charge in [0, 0.05) is 27.2 Å². The number of allylic oxidation sites excluding steroid dienone is 1. The van der Waals surface area contributed by atoms with Crippen molar-refractivity contribution in [1.82, 2.24) is 25.0 Å². The first-order valence-corrected chi connectivity index (χ1v) is 9.63. The van der Waals surface area contributed by atoms with Crippen LogP contribution >= 0.6 is 0 Å². The Bertz CT molecular complexity index is 766. The van der Waals surface area contributed by atoms with Crippen LogP contribution in [0.3, 0.4) is 0 Å². The van der Waals surface area contributed by atoms with Crippen LogP contribution in [-0.4, -0.2) is 52.9 Å². The van der Waals surface area contributed by atoms with Gasteiger partial charge in [-0.1, -0.05) is 18.2 Å². The average Bonchev–Trinajstić information content (AvgIpc) is 3.03. The summed E-state index contributed by atoms with van der Waals surface area (Å²) in [6.07, 6.45) is 4.89. The van der Waals surface area contributed by atoms with Gasteiger partial charge in [-0.3, -0.25) is 0 Å². The molecule has 0 aliphatic carbocycles. The van der Waals surface area contributed by atoms with E-state index in [1.165, 1.54) is 5.56 Å². The highest BCUT2D eigenvalue weighted by Crippen LogP contribution is 2.11. The lowest BCUT2D eigenvalue weighted by molar-refractivity contribution is 0.414. The summed E-state index contributed by atoms with van der Waals surface area (Å²) in [5.41, 5.74) is 1.26. The van der Waals surface area contributed by atoms with Gasteiger partial charge in [-0.2, -0.15) is 0 Å². The lowest BCUT2D eigenvalue weighted by Gasteiger charge is -2.22. The Morgan fingerprint density at radius 2 is 2.07 bits per heavy atom. The van der Waals surface area contributed by atoms with Crippen LogP contribution in [0.5, 0.6) is 5.75 Å². The molecule has 0 aliphatic rings. The Morgan fingerprint density at radius 1 is 1.32 bits per heavy atom. The molecule has 0 fully saturated rings. The number of nitrogens with one attached hydrogen (secondary N) is 1. The molecule has 28 heavy (non-hydrogen) atoms. The van der Waals surface area contributed by atoms with Gasteiger partial charge in [-0.25, -0.2) is 4.99 Å². The second-order valence-electron chi connectivity index (χ2n) is 6.74. The standard InChI is InChI=1S/C21H32N6O/c1-6-7-8-15-26(3)21(23-16-20-25-24-17(2)27(20)4)22-14-13-18-9-11-19(28-5)12-10-18/h6,9-12H,1,7-8,13-16H2,2-5H3,(H,22,23). The van der Waals surface area contributed by atoms with Crippen molar-refractivity contribution in [1.29, 1.82) is 0 Å². The third kappa shape index (κ3) is 6.40. The van der Waals surface area contributed by atoms with Crippen LogP contribution < -0.4 is 10.1 Å². The maximum absolute atomic E-state index is 5.21. The van der Waals surface area contributed by atoms with Crippen LogP contribution in [0.2, 0.25) is 0 Å². The monoisotopic (exact) mass is 384 g/mol. The van der Waals surface area contributed by atoms with Gasteiger partial charge in [-0.05, 0) is 43.9 Å². The minimum Gasteiger partial charge on any atom is -0.497 e. The second kappa shape index (κ2) is 11.1. The molecule has 2 rings (SSSR count). The Kier molecular flexibility index (Phi) is 8.52. The van der Waals surface area contributed by atoms with Crippen molar-refractivity contribution in [3.05, 3.63) is 54.1 Å². The number of hydrogen-bond acceptors (Lipinski definition) is 4. The highest BCUT2D eigenvalue weighted by molar-refractivity contribution is 5.79. The molecule has 2 aromatic rings. The number of unbranched alkanes of at least 4 members (excludes halogenated alkanes) is 1. The normalized spacial score (nSPS) is 11.4. The van der Waals surface area contributed by atoms with Gasteiger partial charge in [0.05, 0.1) is 7.11 Å². The van der Waals surface area contributed by atoms with Crippen LogP contribution in [0.1, 0.15) is 30.1 Å². The summed E-state index contributed by atoms with van der Waals surface area (Å²) in [4.78, 5) is 6.92. The molecule has 0 spiro atoms. The number of rotatable bonds is 10. The lowest BCUT2D eigenvalue weighted by Crippen LogP contribution is -2.40. The van der Waals surface area contributed by atoms with E-state index in [1.807, 2.05) is 36.7 Å². The molecule has 0 saturated carbocycles. The van der Waals surface area contributed by atoms with Crippen LogP contribution in [0, 0.1) is 6.92 Å². The van der Waals surface area contributed by atoms with Crippen molar-refractivity contribution < 1.29 is 4.74 Å². The van der Waals surface area contributed by atoms with Gasteiger partial charge < -0.3 is 19.5 Å². The van der Waals surface area contributed by atoms with Crippen molar-refractivity contribution >= 4 is 5.96 Å². The predicted molar refractivity (Wildman–Crippen MR) is 114 cm³/mol. The zero-order valence-electron chi connectivity index (χ0n) is 17.5. The minimum absolute atomic E-state index is 0.494. The van der Waals surface area contributed by atoms with Gasteiger partial charge in [0.2, 0.25) is 0 Å².